The fourth-order valence-corrected chi connectivity index (χ4v) is 5.89. The number of carbonyl (C=O) groups excluding carboxylic acids is 3. The highest BCUT2D eigenvalue weighted by molar-refractivity contribution is 6.05. The molecule has 2 aromatic rings. The van der Waals surface area contributed by atoms with E-state index in [0.717, 1.165) is 43.7 Å². The summed E-state index contributed by atoms with van der Waals surface area (Å²) in [6, 6.07) is 15.6. The molecule has 2 saturated heterocycles. The summed E-state index contributed by atoms with van der Waals surface area (Å²) in [6.45, 7) is 2.86. The smallest absolute Gasteiger partial charge is 0.255 e. The van der Waals surface area contributed by atoms with Crippen LogP contribution < -0.4 is 10.1 Å². The minimum atomic E-state index is -0.602. The Balaban J connectivity index is 1.05. The summed E-state index contributed by atoms with van der Waals surface area (Å²) < 4.78 is 12.5. The summed E-state index contributed by atoms with van der Waals surface area (Å²) in [7, 11) is 0. The molecule has 0 spiro atoms. The van der Waals surface area contributed by atoms with Crippen molar-refractivity contribution in [1.29, 1.82) is 0 Å². The van der Waals surface area contributed by atoms with E-state index in [-0.39, 0.29) is 30.4 Å². The van der Waals surface area contributed by atoms with Crippen LogP contribution in [-0.4, -0.2) is 64.9 Å². The third kappa shape index (κ3) is 4.51. The van der Waals surface area contributed by atoms with Crippen LogP contribution in [-0.2, 0) is 27.5 Å². The number of likely N-dealkylation sites (tertiary alicyclic amines) is 1. The molecule has 3 amide bonds. The summed E-state index contributed by atoms with van der Waals surface area (Å²) >= 11 is 0. The second kappa shape index (κ2) is 9.67. The highest BCUT2D eigenvalue weighted by atomic mass is 16.5. The van der Waals surface area contributed by atoms with E-state index < -0.39 is 11.9 Å². The molecule has 1 N–H and O–H groups in total. The molecule has 1 unspecified atom stereocenters. The molecule has 2 aromatic carbocycles. The van der Waals surface area contributed by atoms with Gasteiger partial charge in [0, 0.05) is 37.7 Å². The van der Waals surface area contributed by atoms with Crippen LogP contribution in [0, 0.1) is 0 Å². The second-order valence-corrected chi connectivity index (χ2v) is 10.2. The van der Waals surface area contributed by atoms with Gasteiger partial charge < -0.3 is 14.4 Å². The van der Waals surface area contributed by atoms with Crippen molar-refractivity contribution in [2.45, 2.75) is 69.5 Å². The van der Waals surface area contributed by atoms with Crippen molar-refractivity contribution in [2.24, 2.45) is 0 Å². The maximum Gasteiger partial charge on any atom is 0.255 e. The summed E-state index contributed by atoms with van der Waals surface area (Å²) in [5, 5.41) is 2.35. The Labute approximate surface area is 210 Å². The maximum atomic E-state index is 12.9. The molecule has 4 aliphatic rings. The number of nitrogens with zero attached hydrogens (tertiary/aromatic N) is 2. The van der Waals surface area contributed by atoms with Crippen LogP contribution in [0.1, 0.15) is 53.6 Å². The highest BCUT2D eigenvalue weighted by Crippen LogP contribution is 2.34. The van der Waals surface area contributed by atoms with Gasteiger partial charge in [0.05, 0.1) is 12.7 Å². The number of rotatable bonds is 7. The van der Waals surface area contributed by atoms with Crippen molar-refractivity contribution in [3.05, 3.63) is 65.2 Å². The lowest BCUT2D eigenvalue weighted by atomic mass is 10.0. The molecule has 1 saturated carbocycles. The van der Waals surface area contributed by atoms with Gasteiger partial charge in [-0.1, -0.05) is 30.3 Å². The predicted molar refractivity (Wildman–Crippen MR) is 131 cm³/mol. The van der Waals surface area contributed by atoms with Gasteiger partial charge in [-0.2, -0.15) is 0 Å². The van der Waals surface area contributed by atoms with E-state index >= 15 is 0 Å². The average molecular weight is 490 g/mol. The third-order valence-corrected chi connectivity index (χ3v) is 7.87. The van der Waals surface area contributed by atoms with Gasteiger partial charge in [-0.05, 0) is 55.0 Å². The summed E-state index contributed by atoms with van der Waals surface area (Å²) in [5.41, 5.74) is 2.68. The molecular weight excluding hydrogens is 458 g/mol. The zero-order valence-corrected chi connectivity index (χ0v) is 20.2. The van der Waals surface area contributed by atoms with Crippen molar-refractivity contribution < 1.29 is 23.9 Å². The molecule has 3 heterocycles. The van der Waals surface area contributed by atoms with E-state index in [4.69, 9.17) is 9.47 Å². The van der Waals surface area contributed by atoms with E-state index in [0.29, 0.717) is 31.2 Å². The highest BCUT2D eigenvalue weighted by Gasteiger charge is 2.42. The van der Waals surface area contributed by atoms with Crippen molar-refractivity contribution in [3.8, 4) is 5.75 Å². The molecule has 36 heavy (non-hydrogen) atoms. The van der Waals surface area contributed by atoms with Crippen molar-refractivity contribution in [2.75, 3.05) is 13.1 Å². The van der Waals surface area contributed by atoms with E-state index in [1.54, 1.807) is 11.0 Å². The normalized spacial score (nSPS) is 26.6. The first-order chi connectivity index (χ1) is 17.5. The lowest BCUT2D eigenvalue weighted by molar-refractivity contribution is -0.136. The lowest BCUT2D eigenvalue weighted by Crippen LogP contribution is -2.58. The molecule has 3 aliphatic heterocycles. The number of fused-ring (bicyclic) bond motifs is 1. The fraction of sp³-hybridized carbons (Fsp3) is 0.464. The van der Waals surface area contributed by atoms with Crippen LogP contribution in [0.3, 0.4) is 0 Å². The van der Waals surface area contributed by atoms with Gasteiger partial charge in [0.25, 0.3) is 5.91 Å². The monoisotopic (exact) mass is 489 g/mol. The predicted octanol–water partition coefficient (Wildman–Crippen LogP) is 2.65. The van der Waals surface area contributed by atoms with Crippen LogP contribution in [0.2, 0.25) is 0 Å². The number of imide groups is 1. The molecule has 188 valence electrons. The third-order valence-electron chi connectivity index (χ3n) is 7.87. The number of nitrogens with one attached hydrogen (secondary N) is 1. The molecule has 1 aliphatic carbocycles. The number of ether oxygens (including phenoxy) is 2. The van der Waals surface area contributed by atoms with Crippen LogP contribution >= 0.6 is 0 Å². The van der Waals surface area contributed by atoms with Gasteiger partial charge in [0.1, 0.15) is 17.9 Å². The van der Waals surface area contributed by atoms with Gasteiger partial charge in [-0.25, -0.2) is 0 Å². The molecule has 0 bridgehead atoms. The topological polar surface area (TPSA) is 88.2 Å². The van der Waals surface area contributed by atoms with Crippen LogP contribution in [0.4, 0.5) is 0 Å². The van der Waals surface area contributed by atoms with Crippen molar-refractivity contribution >= 4 is 17.7 Å². The van der Waals surface area contributed by atoms with Crippen LogP contribution in [0.5, 0.6) is 5.75 Å². The Hall–Kier alpha value is -3.23. The maximum absolute atomic E-state index is 12.9. The number of amides is 3. The van der Waals surface area contributed by atoms with Gasteiger partial charge in [0.15, 0.2) is 0 Å². The van der Waals surface area contributed by atoms with Gasteiger partial charge in [0.2, 0.25) is 11.8 Å². The number of benzene rings is 2. The Morgan fingerprint density at radius 3 is 2.61 bits per heavy atom. The summed E-state index contributed by atoms with van der Waals surface area (Å²) in [6.07, 6.45) is 4.25. The minimum Gasteiger partial charge on any atom is -0.489 e. The number of hydrogen-bond donors (Lipinski definition) is 1. The van der Waals surface area contributed by atoms with Gasteiger partial charge >= 0.3 is 0 Å². The van der Waals surface area contributed by atoms with E-state index in [1.807, 2.05) is 30.3 Å². The number of piperidine rings is 1. The van der Waals surface area contributed by atoms with E-state index in [2.05, 4.69) is 22.3 Å². The molecule has 3 fully saturated rings. The summed E-state index contributed by atoms with van der Waals surface area (Å²) in [5.74, 6) is -0.0651. The largest absolute Gasteiger partial charge is 0.489 e. The number of hydrogen-bond acceptors (Lipinski definition) is 6. The van der Waals surface area contributed by atoms with Gasteiger partial charge in [-0.3, -0.25) is 24.6 Å². The van der Waals surface area contributed by atoms with Crippen LogP contribution in [0.15, 0.2) is 48.5 Å². The number of carbonyl (C=O) groups is 3. The lowest BCUT2D eigenvalue weighted by Gasteiger charge is -2.44. The average Bonchev–Trinajstić information content (AvgIpc) is 3.43. The zero-order valence-electron chi connectivity index (χ0n) is 20.2. The van der Waals surface area contributed by atoms with E-state index in [9.17, 15) is 14.4 Å². The first-order valence-corrected chi connectivity index (χ1v) is 12.9. The molecule has 0 radical (unpaired) electrons. The Kier molecular flexibility index (Phi) is 6.23. The Morgan fingerprint density at radius 2 is 1.81 bits per heavy atom. The first-order valence-electron chi connectivity index (χ1n) is 12.9. The van der Waals surface area contributed by atoms with Crippen molar-refractivity contribution in [1.82, 2.24) is 15.1 Å². The second-order valence-electron chi connectivity index (χ2n) is 10.2. The quantitative estimate of drug-likeness (QED) is 0.602. The molecule has 6 rings (SSSR count). The van der Waals surface area contributed by atoms with Gasteiger partial charge in [-0.15, -0.1) is 0 Å². The van der Waals surface area contributed by atoms with E-state index in [1.165, 1.54) is 5.56 Å². The Morgan fingerprint density at radius 1 is 0.972 bits per heavy atom. The molecule has 3 atom stereocenters. The Bertz CT molecular complexity index is 1160. The molecular formula is C28H31N3O5. The first kappa shape index (κ1) is 23.2. The van der Waals surface area contributed by atoms with Crippen LogP contribution in [0.25, 0.3) is 0 Å². The standard InChI is InChI=1S/C28H31N3O5/c32-26-12-11-24(27(33)29-26)31-14-19-13-20(9-10-22(19)28(31)34)36-25-8-4-7-23(25)30-15-21(16-30)35-17-18-5-2-1-3-6-18/h1-3,5-6,9-10,13,21,23-25H,4,7-8,11-12,14-17H2,(H,29,32,33)/t23-,24?,25+/m0/s1. The fourth-order valence-electron chi connectivity index (χ4n) is 5.89. The minimum absolute atomic E-state index is 0.112. The molecule has 8 heteroatoms. The van der Waals surface area contributed by atoms with Crippen molar-refractivity contribution in [3.63, 3.8) is 0 Å². The zero-order chi connectivity index (χ0) is 24.6. The summed E-state index contributed by atoms with van der Waals surface area (Å²) in [4.78, 5) is 40.8. The molecule has 0 aromatic heterocycles. The SMILES string of the molecule is O=C1CCC(N2Cc3cc(O[C@@H]4CCC[C@@H]4N4CC(OCc5ccccc5)C4)ccc3C2=O)C(=O)N1. The molecule has 8 nitrogen and oxygen atoms in total.